The zero-order valence-corrected chi connectivity index (χ0v) is 13.3. The molecule has 0 amide bonds. The monoisotopic (exact) mass is 314 g/mol. The Morgan fingerprint density at radius 2 is 2.00 bits per heavy atom. The Morgan fingerprint density at radius 1 is 1.18 bits per heavy atom. The molecule has 0 radical (unpaired) electrons. The minimum absolute atomic E-state index is 0.0726. The summed E-state index contributed by atoms with van der Waals surface area (Å²) in [5, 5.41) is 0.722. The van der Waals surface area contributed by atoms with Crippen molar-refractivity contribution >= 4 is 17.3 Å². The van der Waals surface area contributed by atoms with E-state index in [4.69, 9.17) is 22.1 Å². The van der Waals surface area contributed by atoms with Gasteiger partial charge in [-0.2, -0.15) is 0 Å². The van der Waals surface area contributed by atoms with Crippen molar-refractivity contribution in [1.29, 1.82) is 0 Å². The Bertz CT molecular complexity index is 718. The second kappa shape index (κ2) is 5.18. The predicted molar refractivity (Wildman–Crippen MR) is 89.8 cm³/mol. The van der Waals surface area contributed by atoms with Gasteiger partial charge in [-0.3, -0.25) is 0 Å². The van der Waals surface area contributed by atoms with E-state index in [0.717, 1.165) is 40.7 Å². The van der Waals surface area contributed by atoms with Gasteiger partial charge in [0, 0.05) is 23.2 Å². The van der Waals surface area contributed by atoms with Gasteiger partial charge in [-0.1, -0.05) is 36.7 Å². The molecule has 2 aromatic carbocycles. The minimum atomic E-state index is 0.0726. The van der Waals surface area contributed by atoms with E-state index in [2.05, 4.69) is 24.0 Å². The topological polar surface area (TPSA) is 38.5 Å². The summed E-state index contributed by atoms with van der Waals surface area (Å²) < 4.78 is 6.18. The van der Waals surface area contributed by atoms with Crippen LogP contribution in [0.15, 0.2) is 42.5 Å². The number of hydrogen-bond donors (Lipinski definition) is 1. The number of halogens is 1. The molecule has 3 nitrogen and oxygen atoms in total. The van der Waals surface area contributed by atoms with E-state index in [1.807, 2.05) is 30.3 Å². The first-order valence-electron chi connectivity index (χ1n) is 7.73. The number of anilines is 1. The molecule has 0 aromatic heterocycles. The summed E-state index contributed by atoms with van der Waals surface area (Å²) in [6.07, 6.45) is 1.08. The normalized spacial score (nSPS) is 26.3. The molecule has 2 heterocycles. The summed E-state index contributed by atoms with van der Waals surface area (Å²) in [5.74, 6) is 2.22. The van der Waals surface area contributed by atoms with Gasteiger partial charge < -0.3 is 15.4 Å². The van der Waals surface area contributed by atoms with Crippen molar-refractivity contribution in [3.05, 3.63) is 53.1 Å². The Labute approximate surface area is 135 Å². The number of ether oxygens (including phenoxy) is 1. The zero-order chi connectivity index (χ0) is 15.3. The van der Waals surface area contributed by atoms with Crippen molar-refractivity contribution in [2.75, 3.05) is 11.4 Å². The lowest BCUT2D eigenvalue weighted by molar-refractivity contribution is 0.312. The molecule has 0 spiro atoms. The molecular weight excluding hydrogens is 296 g/mol. The van der Waals surface area contributed by atoms with Crippen LogP contribution in [0.4, 0.5) is 5.69 Å². The van der Waals surface area contributed by atoms with Crippen LogP contribution in [-0.4, -0.2) is 12.6 Å². The highest BCUT2D eigenvalue weighted by Crippen LogP contribution is 2.48. The van der Waals surface area contributed by atoms with Crippen molar-refractivity contribution in [2.45, 2.75) is 25.4 Å². The largest absolute Gasteiger partial charge is 0.455 e. The van der Waals surface area contributed by atoms with E-state index in [1.54, 1.807) is 0 Å². The number of rotatable bonds is 0. The predicted octanol–water partition coefficient (Wildman–Crippen LogP) is 4.36. The van der Waals surface area contributed by atoms with E-state index in [9.17, 15) is 0 Å². The summed E-state index contributed by atoms with van der Waals surface area (Å²) >= 11 is 6.22. The molecule has 2 aromatic rings. The molecule has 0 aliphatic carbocycles. The van der Waals surface area contributed by atoms with Crippen LogP contribution in [0.5, 0.6) is 11.5 Å². The van der Waals surface area contributed by atoms with Crippen LogP contribution < -0.4 is 15.4 Å². The molecule has 1 fully saturated rings. The molecule has 0 unspecified atom stereocenters. The number of para-hydroxylation sites is 1. The van der Waals surface area contributed by atoms with Crippen LogP contribution in [0.1, 0.15) is 24.9 Å². The lowest BCUT2D eigenvalue weighted by atomic mass is 9.83. The lowest BCUT2D eigenvalue weighted by Crippen LogP contribution is -2.50. The van der Waals surface area contributed by atoms with Crippen molar-refractivity contribution in [3.8, 4) is 11.5 Å². The molecule has 4 heteroatoms. The first-order valence-corrected chi connectivity index (χ1v) is 8.11. The molecule has 0 bridgehead atoms. The van der Waals surface area contributed by atoms with Crippen LogP contribution in [0, 0.1) is 5.92 Å². The first-order chi connectivity index (χ1) is 10.6. The Kier molecular flexibility index (Phi) is 3.28. The maximum Gasteiger partial charge on any atom is 0.150 e. The lowest BCUT2D eigenvalue weighted by Gasteiger charge is -2.43. The molecule has 114 valence electrons. The Morgan fingerprint density at radius 3 is 2.86 bits per heavy atom. The summed E-state index contributed by atoms with van der Waals surface area (Å²) in [6.45, 7) is 3.19. The summed E-state index contributed by atoms with van der Waals surface area (Å²) in [5.41, 5.74) is 8.78. The van der Waals surface area contributed by atoms with Gasteiger partial charge in [0.15, 0.2) is 5.75 Å². The molecule has 0 saturated carbocycles. The second-order valence-corrected chi connectivity index (χ2v) is 6.67. The molecule has 2 N–H and O–H groups in total. The van der Waals surface area contributed by atoms with Crippen molar-refractivity contribution < 1.29 is 4.74 Å². The molecule has 2 aliphatic heterocycles. The van der Waals surface area contributed by atoms with Gasteiger partial charge in [-0.25, -0.2) is 0 Å². The first kappa shape index (κ1) is 13.9. The maximum atomic E-state index is 6.58. The average molecular weight is 315 g/mol. The van der Waals surface area contributed by atoms with E-state index in [1.165, 1.54) is 0 Å². The maximum absolute atomic E-state index is 6.58. The Balaban J connectivity index is 1.94. The van der Waals surface area contributed by atoms with Gasteiger partial charge in [-0.05, 0) is 36.6 Å². The van der Waals surface area contributed by atoms with E-state index in [-0.39, 0.29) is 12.1 Å². The molecular formula is C18H19ClN2O. The molecule has 2 aliphatic rings. The standard InChI is InChI=1S/C18H19ClN2O/c1-11-8-9-21-14-10-12(19)6-7-16(14)22-15-5-3-2-4-13(15)18(21)17(11)20/h2-7,10-11,17-18H,8-9,20H2,1H3/t11-,17-,18-/m1/s1. The number of nitrogens with two attached hydrogens (primary N) is 1. The number of piperidine rings is 1. The molecule has 22 heavy (non-hydrogen) atoms. The fourth-order valence-electron chi connectivity index (χ4n) is 3.58. The number of fused-ring (bicyclic) bond motifs is 5. The van der Waals surface area contributed by atoms with Gasteiger partial charge in [0.25, 0.3) is 0 Å². The highest BCUT2D eigenvalue weighted by atomic mass is 35.5. The quantitative estimate of drug-likeness (QED) is 0.785. The second-order valence-electron chi connectivity index (χ2n) is 6.23. The summed E-state index contributed by atoms with van der Waals surface area (Å²) in [6, 6.07) is 14.2. The molecule has 3 atom stereocenters. The zero-order valence-electron chi connectivity index (χ0n) is 12.5. The highest BCUT2D eigenvalue weighted by molar-refractivity contribution is 6.31. The third-order valence-electron chi connectivity index (χ3n) is 4.87. The van der Waals surface area contributed by atoms with Crippen LogP contribution in [-0.2, 0) is 0 Å². The average Bonchev–Trinajstić information content (AvgIpc) is 2.65. The number of nitrogens with zero attached hydrogens (tertiary/aromatic N) is 1. The van der Waals surface area contributed by atoms with Crippen molar-refractivity contribution in [2.24, 2.45) is 11.7 Å². The van der Waals surface area contributed by atoms with Crippen molar-refractivity contribution in [3.63, 3.8) is 0 Å². The fourth-order valence-corrected chi connectivity index (χ4v) is 3.74. The fraction of sp³-hybridized carbons (Fsp3) is 0.333. The third-order valence-corrected chi connectivity index (χ3v) is 5.11. The number of benzene rings is 2. The van der Waals surface area contributed by atoms with Gasteiger partial charge in [0.05, 0.1) is 11.7 Å². The summed E-state index contributed by atoms with van der Waals surface area (Å²) in [7, 11) is 0. The molecule has 4 rings (SSSR count). The van der Waals surface area contributed by atoms with E-state index < -0.39 is 0 Å². The van der Waals surface area contributed by atoms with Crippen LogP contribution >= 0.6 is 11.6 Å². The molecule has 1 saturated heterocycles. The SMILES string of the molecule is C[C@@H]1CCN2c3cc(Cl)ccc3Oc3ccccc3[C@@H]2[C@@H]1N. The minimum Gasteiger partial charge on any atom is -0.455 e. The van der Waals surface area contributed by atoms with Crippen LogP contribution in [0.2, 0.25) is 5.02 Å². The van der Waals surface area contributed by atoms with E-state index >= 15 is 0 Å². The third kappa shape index (κ3) is 2.08. The van der Waals surface area contributed by atoms with Gasteiger partial charge in [0.2, 0.25) is 0 Å². The highest BCUT2D eigenvalue weighted by Gasteiger charge is 2.39. The Hall–Kier alpha value is -1.71. The van der Waals surface area contributed by atoms with Crippen molar-refractivity contribution in [1.82, 2.24) is 0 Å². The number of hydrogen-bond acceptors (Lipinski definition) is 3. The van der Waals surface area contributed by atoms with Gasteiger partial charge in [-0.15, -0.1) is 0 Å². The van der Waals surface area contributed by atoms with Gasteiger partial charge >= 0.3 is 0 Å². The van der Waals surface area contributed by atoms with Crippen LogP contribution in [0.25, 0.3) is 0 Å². The van der Waals surface area contributed by atoms with E-state index in [0.29, 0.717) is 5.92 Å². The summed E-state index contributed by atoms with van der Waals surface area (Å²) in [4.78, 5) is 2.36. The van der Waals surface area contributed by atoms with Gasteiger partial charge in [0.1, 0.15) is 5.75 Å². The van der Waals surface area contributed by atoms with Crippen LogP contribution in [0.3, 0.4) is 0 Å². The smallest absolute Gasteiger partial charge is 0.150 e.